The van der Waals surface area contributed by atoms with E-state index in [-0.39, 0.29) is 0 Å². The maximum atomic E-state index is 5.61. The monoisotopic (exact) mass is 392 g/mol. The smallest absolute Gasteiger partial charge is 0.150 e. The lowest BCUT2D eigenvalue weighted by molar-refractivity contribution is 0.413. The molecule has 5 rings (SSSR count). The lowest BCUT2D eigenvalue weighted by Gasteiger charge is -2.11. The van der Waals surface area contributed by atoms with Crippen molar-refractivity contribution in [2.75, 3.05) is 12.4 Å². The minimum atomic E-state index is 0.763. The van der Waals surface area contributed by atoms with E-state index in [9.17, 15) is 0 Å². The summed E-state index contributed by atoms with van der Waals surface area (Å²) in [6.45, 7) is 0. The highest BCUT2D eigenvalue weighted by atomic mass is 16.5. The molecule has 0 atom stereocenters. The van der Waals surface area contributed by atoms with E-state index in [0.29, 0.717) is 0 Å². The van der Waals surface area contributed by atoms with Crippen molar-refractivity contribution in [1.29, 1.82) is 0 Å². The minimum Gasteiger partial charge on any atom is -0.495 e. The normalized spacial score (nSPS) is 10.8. The van der Waals surface area contributed by atoms with Gasteiger partial charge in [0.05, 0.1) is 18.2 Å². The van der Waals surface area contributed by atoms with E-state index in [1.807, 2.05) is 72.8 Å². The number of methoxy groups -OCH3 is 1. The number of hydrogen-bond donors (Lipinski definition) is 1. The topological polar surface area (TPSA) is 52.0 Å². The second kappa shape index (κ2) is 7.72. The van der Waals surface area contributed by atoms with Crippen molar-refractivity contribution in [1.82, 2.24) is 14.5 Å². The zero-order valence-corrected chi connectivity index (χ0v) is 16.5. The summed E-state index contributed by atoms with van der Waals surface area (Å²) in [4.78, 5) is 9.21. The Morgan fingerprint density at radius 1 is 0.800 bits per heavy atom. The van der Waals surface area contributed by atoms with Crippen LogP contribution in [0, 0.1) is 0 Å². The van der Waals surface area contributed by atoms with Gasteiger partial charge in [0.25, 0.3) is 0 Å². The summed E-state index contributed by atoms with van der Waals surface area (Å²) in [6, 6.07) is 28.3. The summed E-state index contributed by atoms with van der Waals surface area (Å²) in [6.07, 6.45) is 3.69. The van der Waals surface area contributed by atoms with Crippen LogP contribution in [0.4, 0.5) is 11.5 Å². The van der Waals surface area contributed by atoms with Crippen LogP contribution in [0.1, 0.15) is 0 Å². The van der Waals surface area contributed by atoms with Crippen molar-refractivity contribution >= 4 is 22.5 Å². The summed E-state index contributed by atoms with van der Waals surface area (Å²) in [7, 11) is 1.68. The molecule has 0 aliphatic carbocycles. The molecular formula is C25H20N4O. The molecule has 0 spiro atoms. The van der Waals surface area contributed by atoms with Crippen molar-refractivity contribution in [2.24, 2.45) is 0 Å². The van der Waals surface area contributed by atoms with E-state index < -0.39 is 0 Å². The fourth-order valence-corrected chi connectivity index (χ4v) is 3.66. The number of aromatic nitrogens is 3. The molecule has 3 aromatic carbocycles. The quantitative estimate of drug-likeness (QED) is 0.408. The van der Waals surface area contributed by atoms with Gasteiger partial charge in [-0.2, -0.15) is 0 Å². The fraction of sp³-hybridized carbons (Fsp3) is 0.0400. The Balaban J connectivity index is 1.78. The Morgan fingerprint density at radius 2 is 1.50 bits per heavy atom. The number of anilines is 2. The van der Waals surface area contributed by atoms with Crippen molar-refractivity contribution in [3.05, 3.63) is 97.5 Å². The van der Waals surface area contributed by atoms with Crippen molar-refractivity contribution in [2.45, 2.75) is 0 Å². The van der Waals surface area contributed by atoms with Crippen LogP contribution in [0.5, 0.6) is 5.75 Å². The number of nitrogens with one attached hydrogen (secondary N) is 1. The van der Waals surface area contributed by atoms with Crippen LogP contribution < -0.4 is 10.1 Å². The van der Waals surface area contributed by atoms with Gasteiger partial charge in [0, 0.05) is 17.4 Å². The summed E-state index contributed by atoms with van der Waals surface area (Å²) in [5, 5.41) is 4.41. The molecule has 5 aromatic rings. The van der Waals surface area contributed by atoms with Crippen LogP contribution in [0.3, 0.4) is 0 Å². The molecule has 0 aliphatic rings. The predicted octanol–water partition coefficient (Wildman–Crippen LogP) is 5.84. The third-order valence-corrected chi connectivity index (χ3v) is 5.05. The van der Waals surface area contributed by atoms with Crippen LogP contribution in [-0.2, 0) is 0 Å². The first-order valence-corrected chi connectivity index (χ1v) is 9.72. The van der Waals surface area contributed by atoms with Gasteiger partial charge < -0.3 is 10.1 Å². The molecule has 0 bridgehead atoms. The standard InChI is InChI=1S/C25H20N4O/c1-30-22-15-9-8-14-21(22)29-16-20(18-10-4-2-5-11-18)23-24(26-17-27-25(23)29)28-19-12-6-3-7-13-19/h2-17H,1H3,(H,26,27,28). The molecule has 0 unspecified atom stereocenters. The third-order valence-electron chi connectivity index (χ3n) is 5.05. The van der Waals surface area contributed by atoms with Gasteiger partial charge in [0.1, 0.15) is 17.9 Å². The van der Waals surface area contributed by atoms with Gasteiger partial charge in [-0.15, -0.1) is 0 Å². The number of benzene rings is 3. The molecule has 0 saturated carbocycles. The first kappa shape index (κ1) is 17.9. The molecule has 2 aromatic heterocycles. The zero-order chi connectivity index (χ0) is 20.3. The van der Waals surface area contributed by atoms with Gasteiger partial charge in [0.2, 0.25) is 0 Å². The SMILES string of the molecule is COc1ccccc1-n1cc(-c2ccccc2)c2c(Nc3ccccc3)ncnc21. The van der Waals surface area contributed by atoms with Crippen LogP contribution in [0.25, 0.3) is 27.8 Å². The molecule has 5 nitrogen and oxygen atoms in total. The van der Waals surface area contributed by atoms with E-state index in [1.165, 1.54) is 0 Å². The molecule has 146 valence electrons. The summed E-state index contributed by atoms with van der Waals surface area (Å²) < 4.78 is 7.67. The minimum absolute atomic E-state index is 0.763. The number of ether oxygens (including phenoxy) is 1. The van der Waals surface area contributed by atoms with E-state index in [4.69, 9.17) is 4.74 Å². The first-order chi connectivity index (χ1) is 14.8. The number of para-hydroxylation sites is 3. The Hall–Kier alpha value is -4.12. The molecule has 30 heavy (non-hydrogen) atoms. The fourth-order valence-electron chi connectivity index (χ4n) is 3.66. The van der Waals surface area contributed by atoms with Gasteiger partial charge in [-0.1, -0.05) is 60.7 Å². The highest BCUT2D eigenvalue weighted by molar-refractivity contribution is 6.03. The highest BCUT2D eigenvalue weighted by Crippen LogP contribution is 2.37. The molecule has 0 radical (unpaired) electrons. The van der Waals surface area contributed by atoms with Gasteiger partial charge in [-0.05, 0) is 29.8 Å². The van der Waals surface area contributed by atoms with E-state index in [1.54, 1.807) is 13.4 Å². The van der Waals surface area contributed by atoms with Gasteiger partial charge >= 0.3 is 0 Å². The lowest BCUT2D eigenvalue weighted by Crippen LogP contribution is -1.99. The highest BCUT2D eigenvalue weighted by Gasteiger charge is 2.19. The van der Waals surface area contributed by atoms with E-state index in [2.05, 4.69) is 38.2 Å². The van der Waals surface area contributed by atoms with E-state index >= 15 is 0 Å². The molecular weight excluding hydrogens is 372 g/mol. The Morgan fingerprint density at radius 3 is 2.27 bits per heavy atom. The molecule has 0 amide bonds. The van der Waals surface area contributed by atoms with Crippen LogP contribution in [0.2, 0.25) is 0 Å². The number of hydrogen-bond acceptors (Lipinski definition) is 4. The molecule has 5 heteroatoms. The van der Waals surface area contributed by atoms with Gasteiger partial charge in [-0.3, -0.25) is 4.57 Å². The molecule has 0 aliphatic heterocycles. The average molecular weight is 392 g/mol. The van der Waals surface area contributed by atoms with Crippen molar-refractivity contribution in [3.8, 4) is 22.6 Å². The Kier molecular flexibility index (Phi) is 4.62. The molecule has 2 heterocycles. The van der Waals surface area contributed by atoms with Crippen molar-refractivity contribution in [3.63, 3.8) is 0 Å². The largest absolute Gasteiger partial charge is 0.495 e. The van der Waals surface area contributed by atoms with E-state index in [0.717, 1.165) is 45.1 Å². The Labute approximate surface area is 174 Å². The number of nitrogens with zero attached hydrogens (tertiary/aromatic N) is 3. The average Bonchev–Trinajstić information content (AvgIpc) is 3.21. The first-order valence-electron chi connectivity index (χ1n) is 9.72. The van der Waals surface area contributed by atoms with Crippen LogP contribution >= 0.6 is 0 Å². The van der Waals surface area contributed by atoms with Crippen LogP contribution in [0.15, 0.2) is 97.5 Å². The summed E-state index contributed by atoms with van der Waals surface area (Å²) in [5.74, 6) is 1.55. The number of fused-ring (bicyclic) bond motifs is 1. The zero-order valence-electron chi connectivity index (χ0n) is 16.5. The van der Waals surface area contributed by atoms with Gasteiger partial charge in [-0.25, -0.2) is 9.97 Å². The second-order valence-electron chi connectivity index (χ2n) is 6.86. The third kappa shape index (κ3) is 3.16. The molecule has 0 saturated heterocycles. The van der Waals surface area contributed by atoms with Crippen molar-refractivity contribution < 1.29 is 4.74 Å². The maximum absolute atomic E-state index is 5.61. The van der Waals surface area contributed by atoms with Gasteiger partial charge in [0.15, 0.2) is 5.65 Å². The number of rotatable bonds is 5. The molecule has 1 N–H and O–H groups in total. The van der Waals surface area contributed by atoms with Crippen LogP contribution in [-0.4, -0.2) is 21.6 Å². The predicted molar refractivity (Wildman–Crippen MR) is 121 cm³/mol. The summed E-state index contributed by atoms with van der Waals surface area (Å²) in [5.41, 5.74) is 4.86. The summed E-state index contributed by atoms with van der Waals surface area (Å²) >= 11 is 0. The Bertz CT molecular complexity index is 1300. The second-order valence-corrected chi connectivity index (χ2v) is 6.86. The lowest BCUT2D eigenvalue weighted by atomic mass is 10.1. The maximum Gasteiger partial charge on any atom is 0.150 e. The molecule has 0 fully saturated rings.